The van der Waals surface area contributed by atoms with Crippen molar-refractivity contribution in [2.24, 2.45) is 0 Å². The molecule has 0 bridgehead atoms. The third-order valence-electron chi connectivity index (χ3n) is 4.09. The van der Waals surface area contributed by atoms with E-state index >= 15 is 0 Å². The van der Waals surface area contributed by atoms with Crippen LogP contribution >= 0.6 is 0 Å². The van der Waals surface area contributed by atoms with Gasteiger partial charge in [-0.3, -0.25) is 9.80 Å². The lowest BCUT2D eigenvalue weighted by Crippen LogP contribution is -2.52. The fourth-order valence-corrected chi connectivity index (χ4v) is 2.80. The number of nitrogens with zero attached hydrogens (tertiary/aromatic N) is 2. The van der Waals surface area contributed by atoms with Crippen LogP contribution in [0.4, 0.5) is 0 Å². The number of rotatable bonds is 6. The summed E-state index contributed by atoms with van der Waals surface area (Å²) in [5.41, 5.74) is 0.456. The second-order valence-electron chi connectivity index (χ2n) is 5.57. The van der Waals surface area contributed by atoms with Crippen LogP contribution in [-0.2, 0) is 0 Å². The van der Waals surface area contributed by atoms with E-state index in [2.05, 4.69) is 23.6 Å². The van der Waals surface area contributed by atoms with Gasteiger partial charge in [0.1, 0.15) is 12.4 Å². The minimum Gasteiger partial charge on any atom is -0.492 e. The maximum Gasteiger partial charge on any atom is 0.488 e. The number of hydrogen-bond acceptors (Lipinski definition) is 5. The Morgan fingerprint density at radius 3 is 2.81 bits per heavy atom. The van der Waals surface area contributed by atoms with Crippen LogP contribution in [0.3, 0.4) is 0 Å². The van der Waals surface area contributed by atoms with E-state index in [0.717, 1.165) is 32.7 Å². The lowest BCUT2D eigenvalue weighted by molar-refractivity contribution is 0.0781. The summed E-state index contributed by atoms with van der Waals surface area (Å²) in [5.74, 6) is 0.681. The van der Waals surface area contributed by atoms with Gasteiger partial charge in [-0.15, -0.1) is 0 Å². The first-order chi connectivity index (χ1) is 10.1. The Morgan fingerprint density at radius 2 is 2.14 bits per heavy atom. The summed E-state index contributed by atoms with van der Waals surface area (Å²) in [6.07, 6.45) is 0. The Kier molecular flexibility index (Phi) is 6.05. The smallest absolute Gasteiger partial charge is 0.488 e. The summed E-state index contributed by atoms with van der Waals surface area (Å²) >= 11 is 0. The van der Waals surface area contributed by atoms with Crippen molar-refractivity contribution in [3.8, 4) is 5.75 Å². The van der Waals surface area contributed by atoms with Gasteiger partial charge in [-0.1, -0.05) is 19.1 Å². The molecule has 1 fully saturated rings. The maximum absolute atomic E-state index is 9.14. The molecule has 1 saturated heterocycles. The fourth-order valence-electron chi connectivity index (χ4n) is 2.80. The SMILES string of the molecule is CCN1CCN(CCOc2cccc(B(O)O)c2)CC1C. The molecule has 1 heterocycles. The molecule has 2 rings (SSSR count). The molecule has 5 nitrogen and oxygen atoms in total. The molecule has 1 atom stereocenters. The number of piperazine rings is 1. The highest BCUT2D eigenvalue weighted by molar-refractivity contribution is 6.58. The lowest BCUT2D eigenvalue weighted by Gasteiger charge is -2.39. The van der Waals surface area contributed by atoms with Gasteiger partial charge >= 0.3 is 7.12 Å². The topological polar surface area (TPSA) is 56.2 Å². The largest absolute Gasteiger partial charge is 0.492 e. The standard InChI is InChI=1S/C15H25BN2O3/c1-3-18-8-7-17(12-13(18)2)9-10-21-15-6-4-5-14(11-15)16(19)20/h4-6,11,13,19-20H,3,7-10,12H2,1-2H3. The van der Waals surface area contributed by atoms with Crippen molar-refractivity contribution >= 4 is 12.6 Å². The molecule has 0 aliphatic carbocycles. The Hall–Kier alpha value is -1.08. The first kappa shape index (κ1) is 16.3. The lowest BCUT2D eigenvalue weighted by atomic mass is 9.80. The molecule has 0 aromatic heterocycles. The zero-order valence-electron chi connectivity index (χ0n) is 12.9. The molecule has 2 N–H and O–H groups in total. The molecule has 21 heavy (non-hydrogen) atoms. The molecule has 116 valence electrons. The van der Waals surface area contributed by atoms with Crippen LogP contribution in [0, 0.1) is 0 Å². The second-order valence-corrected chi connectivity index (χ2v) is 5.57. The zero-order valence-corrected chi connectivity index (χ0v) is 12.9. The van der Waals surface area contributed by atoms with Gasteiger partial charge in [0.05, 0.1) is 0 Å². The second kappa shape index (κ2) is 7.80. The van der Waals surface area contributed by atoms with Crippen LogP contribution in [0.2, 0.25) is 0 Å². The zero-order chi connectivity index (χ0) is 15.2. The van der Waals surface area contributed by atoms with Crippen molar-refractivity contribution in [3.05, 3.63) is 24.3 Å². The van der Waals surface area contributed by atoms with Crippen LogP contribution in [0.5, 0.6) is 5.75 Å². The van der Waals surface area contributed by atoms with Crippen molar-refractivity contribution in [1.82, 2.24) is 9.80 Å². The molecule has 0 amide bonds. The van der Waals surface area contributed by atoms with Crippen molar-refractivity contribution in [1.29, 1.82) is 0 Å². The van der Waals surface area contributed by atoms with Crippen LogP contribution in [-0.4, -0.2) is 72.3 Å². The predicted octanol–water partition coefficient (Wildman–Crippen LogP) is -0.229. The molecule has 0 spiro atoms. The third kappa shape index (κ3) is 4.71. The van der Waals surface area contributed by atoms with Crippen LogP contribution in [0.25, 0.3) is 0 Å². The Morgan fingerprint density at radius 1 is 1.33 bits per heavy atom. The Labute approximate surface area is 127 Å². The summed E-state index contributed by atoms with van der Waals surface area (Å²) < 4.78 is 5.71. The van der Waals surface area contributed by atoms with Gasteiger partial charge in [0.2, 0.25) is 0 Å². The monoisotopic (exact) mass is 292 g/mol. The average molecular weight is 292 g/mol. The third-order valence-corrected chi connectivity index (χ3v) is 4.09. The fraction of sp³-hybridized carbons (Fsp3) is 0.600. The van der Waals surface area contributed by atoms with Gasteiger partial charge < -0.3 is 14.8 Å². The molecule has 1 aromatic rings. The normalized spacial score (nSPS) is 20.5. The minimum absolute atomic E-state index is 0.456. The molecule has 0 radical (unpaired) electrons. The van der Waals surface area contributed by atoms with Crippen molar-refractivity contribution in [2.75, 3.05) is 39.3 Å². The Bertz CT molecular complexity index is 445. The summed E-state index contributed by atoms with van der Waals surface area (Å²) in [7, 11) is -1.45. The molecule has 6 heteroatoms. The highest BCUT2D eigenvalue weighted by Crippen LogP contribution is 2.10. The number of ether oxygens (including phenoxy) is 1. The van der Waals surface area contributed by atoms with Gasteiger partial charge in [0.25, 0.3) is 0 Å². The quantitative estimate of drug-likeness (QED) is 0.710. The highest BCUT2D eigenvalue weighted by atomic mass is 16.5. The average Bonchev–Trinajstić information content (AvgIpc) is 2.48. The molecular weight excluding hydrogens is 267 g/mol. The van der Waals surface area contributed by atoms with E-state index in [9.17, 15) is 0 Å². The van der Waals surface area contributed by atoms with E-state index in [-0.39, 0.29) is 0 Å². The summed E-state index contributed by atoms with van der Waals surface area (Å²) in [6, 6.07) is 7.54. The van der Waals surface area contributed by atoms with E-state index < -0.39 is 7.12 Å². The molecule has 1 aromatic carbocycles. The molecule has 1 aliphatic heterocycles. The maximum atomic E-state index is 9.14. The molecule has 1 unspecified atom stereocenters. The van der Waals surface area contributed by atoms with E-state index in [1.807, 2.05) is 6.07 Å². The number of hydrogen-bond donors (Lipinski definition) is 2. The van der Waals surface area contributed by atoms with E-state index in [4.69, 9.17) is 14.8 Å². The first-order valence-corrected chi connectivity index (χ1v) is 7.65. The van der Waals surface area contributed by atoms with Gasteiger partial charge in [0.15, 0.2) is 0 Å². The van der Waals surface area contributed by atoms with E-state index in [1.165, 1.54) is 0 Å². The molecular formula is C15H25BN2O3. The van der Waals surface area contributed by atoms with Crippen molar-refractivity contribution < 1.29 is 14.8 Å². The summed E-state index contributed by atoms with van der Waals surface area (Å²) in [6.45, 7) is 10.4. The first-order valence-electron chi connectivity index (χ1n) is 7.65. The minimum atomic E-state index is -1.45. The van der Waals surface area contributed by atoms with Crippen molar-refractivity contribution in [2.45, 2.75) is 19.9 Å². The number of benzene rings is 1. The Balaban J connectivity index is 1.76. The van der Waals surface area contributed by atoms with E-state index in [0.29, 0.717) is 23.9 Å². The molecule has 0 saturated carbocycles. The van der Waals surface area contributed by atoms with Crippen molar-refractivity contribution in [3.63, 3.8) is 0 Å². The molecule has 1 aliphatic rings. The van der Waals surface area contributed by atoms with Gasteiger partial charge in [-0.25, -0.2) is 0 Å². The van der Waals surface area contributed by atoms with E-state index in [1.54, 1.807) is 18.2 Å². The van der Waals surface area contributed by atoms with Crippen LogP contribution in [0.1, 0.15) is 13.8 Å². The van der Waals surface area contributed by atoms with Gasteiger partial charge in [-0.05, 0) is 31.1 Å². The highest BCUT2D eigenvalue weighted by Gasteiger charge is 2.21. The summed E-state index contributed by atoms with van der Waals surface area (Å²) in [5, 5.41) is 18.3. The predicted molar refractivity (Wildman–Crippen MR) is 84.9 cm³/mol. The summed E-state index contributed by atoms with van der Waals surface area (Å²) in [4.78, 5) is 4.91. The van der Waals surface area contributed by atoms with Gasteiger partial charge in [0, 0.05) is 32.2 Å². The van der Waals surface area contributed by atoms with Gasteiger partial charge in [-0.2, -0.15) is 0 Å². The number of likely N-dealkylation sites (N-methyl/N-ethyl adjacent to an activating group) is 1. The van der Waals surface area contributed by atoms with Crippen LogP contribution in [0.15, 0.2) is 24.3 Å². The van der Waals surface area contributed by atoms with Crippen LogP contribution < -0.4 is 10.2 Å².